The molecule has 4 rings (SSSR count). The van der Waals surface area contributed by atoms with Gasteiger partial charge in [0.2, 0.25) is 11.7 Å². The van der Waals surface area contributed by atoms with Crippen LogP contribution in [0.3, 0.4) is 0 Å². The van der Waals surface area contributed by atoms with Gasteiger partial charge in [0.15, 0.2) is 6.61 Å². The highest BCUT2D eigenvalue weighted by Crippen LogP contribution is 2.25. The number of hydrogen-bond donors (Lipinski definition) is 1. The normalized spacial score (nSPS) is 12.1. The molecule has 0 saturated carbocycles. The molecule has 0 saturated heterocycles. The summed E-state index contributed by atoms with van der Waals surface area (Å²) in [5.74, 6) is 1.76. The van der Waals surface area contributed by atoms with Crippen molar-refractivity contribution in [3.8, 4) is 5.75 Å². The summed E-state index contributed by atoms with van der Waals surface area (Å²) < 4.78 is 16.5. The lowest BCUT2D eigenvalue weighted by atomic mass is 10.1. The number of nitrogens with zero attached hydrogens (tertiary/aromatic N) is 2. The van der Waals surface area contributed by atoms with Gasteiger partial charge < -0.3 is 19.0 Å². The molecule has 0 aliphatic rings. The number of amides is 1. The summed E-state index contributed by atoms with van der Waals surface area (Å²) in [5.41, 5.74) is 1.21. The molecule has 0 bridgehead atoms. The number of furan rings is 1. The predicted molar refractivity (Wildman–Crippen MR) is 102 cm³/mol. The molecular weight excluding hydrogens is 358 g/mol. The average Bonchev–Trinajstić information content (AvgIpc) is 3.32. The van der Waals surface area contributed by atoms with Gasteiger partial charge in [-0.15, -0.1) is 0 Å². The van der Waals surface area contributed by atoms with Gasteiger partial charge in [0, 0.05) is 12.3 Å². The minimum atomic E-state index is -0.298. The molecule has 2 aromatic heterocycles. The Bertz CT molecular complexity index is 1080. The fraction of sp³-hybridized carbons (Fsp3) is 0.190. The molecule has 4 aromatic rings. The van der Waals surface area contributed by atoms with E-state index in [1.54, 1.807) is 31.2 Å². The lowest BCUT2D eigenvalue weighted by Crippen LogP contribution is -2.26. The Labute approximate surface area is 161 Å². The molecule has 1 amide bonds. The van der Waals surface area contributed by atoms with E-state index in [1.807, 2.05) is 37.3 Å². The number of carbonyl (C=O) groups excluding carboxylic acids is 1. The topological polar surface area (TPSA) is 90.4 Å². The maximum atomic E-state index is 12.8. The highest BCUT2D eigenvalue weighted by Gasteiger charge is 2.18. The van der Waals surface area contributed by atoms with Gasteiger partial charge in [0.25, 0.3) is 5.91 Å². The van der Waals surface area contributed by atoms with Gasteiger partial charge in [-0.3, -0.25) is 4.79 Å². The molecule has 2 aromatic carbocycles. The molecule has 0 aliphatic heterocycles. The largest absolute Gasteiger partial charge is 0.485 e. The third-order valence-corrected chi connectivity index (χ3v) is 4.28. The molecule has 1 N–H and O–H groups in total. The van der Waals surface area contributed by atoms with E-state index in [1.165, 1.54) is 0 Å². The molecular formula is C21H19N3O4. The van der Waals surface area contributed by atoms with Crippen LogP contribution >= 0.6 is 0 Å². The quantitative estimate of drug-likeness (QED) is 0.542. The Morgan fingerprint density at radius 1 is 1.18 bits per heavy atom. The number of rotatable bonds is 6. The van der Waals surface area contributed by atoms with Gasteiger partial charge in [0.05, 0.1) is 11.6 Å². The first-order valence-electron chi connectivity index (χ1n) is 8.90. The van der Waals surface area contributed by atoms with Gasteiger partial charge in [0.1, 0.15) is 17.1 Å². The highest BCUT2D eigenvalue weighted by molar-refractivity contribution is 5.97. The Balaban J connectivity index is 1.48. The van der Waals surface area contributed by atoms with Crippen LogP contribution in [-0.2, 0) is 6.61 Å². The lowest BCUT2D eigenvalue weighted by Gasteiger charge is -2.14. The Hall–Kier alpha value is -3.61. The van der Waals surface area contributed by atoms with Gasteiger partial charge >= 0.3 is 0 Å². The van der Waals surface area contributed by atoms with E-state index in [4.69, 9.17) is 13.7 Å². The summed E-state index contributed by atoms with van der Waals surface area (Å²) in [4.78, 5) is 16.9. The number of nitrogens with one attached hydrogen (secondary N) is 1. The van der Waals surface area contributed by atoms with E-state index in [-0.39, 0.29) is 18.6 Å². The maximum absolute atomic E-state index is 12.8. The standard InChI is InChI=1S/C21H19N3O4/c1-13(19-11-15-7-3-5-9-17(15)27-19)22-21(25)16-8-4-6-10-18(16)26-12-20-23-14(2)28-24-20/h3-11,13H,12H2,1-2H3,(H,22,25). The summed E-state index contributed by atoms with van der Waals surface area (Å²) in [7, 11) is 0. The zero-order chi connectivity index (χ0) is 19.5. The van der Waals surface area contributed by atoms with Crippen LogP contribution in [0.1, 0.15) is 40.8 Å². The van der Waals surface area contributed by atoms with Gasteiger partial charge in [-0.2, -0.15) is 4.98 Å². The van der Waals surface area contributed by atoms with Crippen molar-refractivity contribution in [1.29, 1.82) is 0 Å². The van der Waals surface area contributed by atoms with Crippen molar-refractivity contribution in [2.24, 2.45) is 0 Å². The molecule has 1 atom stereocenters. The van der Waals surface area contributed by atoms with E-state index in [0.717, 1.165) is 11.0 Å². The molecule has 0 aliphatic carbocycles. The zero-order valence-electron chi connectivity index (χ0n) is 15.5. The smallest absolute Gasteiger partial charge is 0.255 e. The Morgan fingerprint density at radius 2 is 1.96 bits per heavy atom. The number of para-hydroxylation sites is 2. The number of benzene rings is 2. The first-order valence-corrected chi connectivity index (χ1v) is 8.90. The van der Waals surface area contributed by atoms with E-state index in [2.05, 4.69) is 15.5 Å². The fourth-order valence-electron chi connectivity index (χ4n) is 2.88. The molecule has 7 nitrogen and oxygen atoms in total. The third-order valence-electron chi connectivity index (χ3n) is 4.28. The van der Waals surface area contributed by atoms with Crippen LogP contribution in [0.2, 0.25) is 0 Å². The summed E-state index contributed by atoms with van der Waals surface area (Å²) in [6, 6.07) is 16.4. The van der Waals surface area contributed by atoms with Crippen LogP contribution in [0, 0.1) is 6.92 Å². The summed E-state index contributed by atoms with van der Waals surface area (Å²) in [6.07, 6.45) is 0. The molecule has 1 unspecified atom stereocenters. The van der Waals surface area contributed by atoms with Crippen LogP contribution < -0.4 is 10.1 Å². The van der Waals surface area contributed by atoms with Gasteiger partial charge in [-0.25, -0.2) is 0 Å². The van der Waals surface area contributed by atoms with Crippen molar-refractivity contribution < 1.29 is 18.5 Å². The van der Waals surface area contributed by atoms with Crippen molar-refractivity contribution in [3.05, 3.63) is 77.6 Å². The molecule has 142 valence electrons. The van der Waals surface area contributed by atoms with Crippen LogP contribution in [0.4, 0.5) is 0 Å². The summed E-state index contributed by atoms with van der Waals surface area (Å²) >= 11 is 0. The summed E-state index contributed by atoms with van der Waals surface area (Å²) in [5, 5.41) is 7.74. The van der Waals surface area contributed by atoms with Gasteiger partial charge in [-0.1, -0.05) is 35.5 Å². The minimum Gasteiger partial charge on any atom is -0.485 e. The molecule has 28 heavy (non-hydrogen) atoms. The maximum Gasteiger partial charge on any atom is 0.255 e. The molecule has 7 heteroatoms. The number of ether oxygens (including phenoxy) is 1. The number of aromatic nitrogens is 2. The number of aryl methyl sites for hydroxylation is 1. The minimum absolute atomic E-state index is 0.112. The molecule has 0 radical (unpaired) electrons. The lowest BCUT2D eigenvalue weighted by molar-refractivity contribution is 0.0931. The second-order valence-electron chi connectivity index (χ2n) is 6.40. The average molecular weight is 377 g/mol. The van der Waals surface area contributed by atoms with E-state index in [9.17, 15) is 4.79 Å². The SMILES string of the molecule is Cc1nc(COc2ccccc2C(=O)NC(C)c2cc3ccccc3o2)no1. The van der Waals surface area contributed by atoms with Crippen LogP contribution in [-0.4, -0.2) is 16.0 Å². The highest BCUT2D eigenvalue weighted by atomic mass is 16.5. The fourth-order valence-corrected chi connectivity index (χ4v) is 2.88. The summed E-state index contributed by atoms with van der Waals surface area (Å²) in [6.45, 7) is 3.69. The van der Waals surface area contributed by atoms with E-state index < -0.39 is 0 Å². The first kappa shape index (κ1) is 17.8. The van der Waals surface area contributed by atoms with Crippen molar-refractivity contribution in [2.45, 2.75) is 26.5 Å². The van der Waals surface area contributed by atoms with E-state index in [0.29, 0.717) is 28.8 Å². The van der Waals surface area contributed by atoms with E-state index >= 15 is 0 Å². The molecule has 2 heterocycles. The Kier molecular flexibility index (Phi) is 4.80. The second kappa shape index (κ2) is 7.56. The number of hydrogen-bond acceptors (Lipinski definition) is 6. The monoisotopic (exact) mass is 377 g/mol. The van der Waals surface area contributed by atoms with Crippen molar-refractivity contribution in [3.63, 3.8) is 0 Å². The Morgan fingerprint density at radius 3 is 2.75 bits per heavy atom. The zero-order valence-corrected chi connectivity index (χ0v) is 15.5. The predicted octanol–water partition coefficient (Wildman–Crippen LogP) is 4.19. The first-order chi connectivity index (χ1) is 13.6. The molecule has 0 fully saturated rings. The number of carbonyl (C=O) groups is 1. The van der Waals surface area contributed by atoms with Crippen LogP contribution in [0.15, 0.2) is 63.5 Å². The number of fused-ring (bicyclic) bond motifs is 1. The third kappa shape index (κ3) is 3.73. The van der Waals surface area contributed by atoms with Crippen molar-refractivity contribution in [2.75, 3.05) is 0 Å². The molecule has 0 spiro atoms. The second-order valence-corrected chi connectivity index (χ2v) is 6.40. The van der Waals surface area contributed by atoms with Gasteiger partial charge in [-0.05, 0) is 31.2 Å². The van der Waals surface area contributed by atoms with Crippen LogP contribution in [0.5, 0.6) is 5.75 Å². The van der Waals surface area contributed by atoms with Crippen molar-refractivity contribution >= 4 is 16.9 Å². The van der Waals surface area contributed by atoms with Crippen molar-refractivity contribution in [1.82, 2.24) is 15.5 Å². The van der Waals surface area contributed by atoms with Crippen LogP contribution in [0.25, 0.3) is 11.0 Å².